The van der Waals surface area contributed by atoms with E-state index in [2.05, 4.69) is 10.3 Å². The molecular formula is C25H21ClFN5O3. The average molecular weight is 494 g/mol. The fourth-order valence-electron chi connectivity index (χ4n) is 4.39. The van der Waals surface area contributed by atoms with Gasteiger partial charge in [-0.1, -0.05) is 17.7 Å². The number of pyridine rings is 2. The van der Waals surface area contributed by atoms with E-state index in [0.717, 1.165) is 16.7 Å². The van der Waals surface area contributed by atoms with Crippen LogP contribution in [0.15, 0.2) is 53.5 Å². The van der Waals surface area contributed by atoms with Crippen molar-refractivity contribution in [1.82, 2.24) is 14.4 Å². The topological polar surface area (TPSA) is 99.8 Å². The Balaban J connectivity index is 1.56. The second kappa shape index (κ2) is 8.66. The first-order valence-electron chi connectivity index (χ1n) is 10.9. The van der Waals surface area contributed by atoms with Crippen LogP contribution in [0.25, 0.3) is 5.65 Å². The highest BCUT2D eigenvalue weighted by Crippen LogP contribution is 2.30. The van der Waals surface area contributed by atoms with E-state index in [9.17, 15) is 19.1 Å². The van der Waals surface area contributed by atoms with Gasteiger partial charge in [0.2, 0.25) is 0 Å². The summed E-state index contributed by atoms with van der Waals surface area (Å²) in [5.74, 6) is -1.02. The molecule has 4 aromatic rings. The molecule has 4 heterocycles. The lowest BCUT2D eigenvalue weighted by Crippen LogP contribution is -2.23. The largest absolute Gasteiger partial charge is 0.476 e. The van der Waals surface area contributed by atoms with Crippen molar-refractivity contribution < 1.29 is 14.3 Å². The predicted octanol–water partition coefficient (Wildman–Crippen LogP) is 4.58. The number of aryl methyl sites for hydroxylation is 1. The molecule has 2 N–H and O–H groups in total. The molecule has 0 amide bonds. The summed E-state index contributed by atoms with van der Waals surface area (Å²) in [6.07, 6.45) is 1.71. The Kier molecular flexibility index (Phi) is 5.64. The van der Waals surface area contributed by atoms with E-state index in [4.69, 9.17) is 16.6 Å². The molecule has 35 heavy (non-hydrogen) atoms. The molecule has 10 heteroatoms. The van der Waals surface area contributed by atoms with Crippen LogP contribution in [0.5, 0.6) is 0 Å². The van der Waals surface area contributed by atoms with Gasteiger partial charge in [0.25, 0.3) is 5.56 Å². The van der Waals surface area contributed by atoms with Gasteiger partial charge in [0.05, 0.1) is 11.7 Å². The average Bonchev–Trinajstić information content (AvgIpc) is 3.23. The summed E-state index contributed by atoms with van der Waals surface area (Å²) in [7, 11) is 0. The van der Waals surface area contributed by atoms with E-state index in [1.165, 1.54) is 28.7 Å². The molecule has 0 unspecified atom stereocenters. The zero-order valence-electron chi connectivity index (χ0n) is 18.9. The highest BCUT2D eigenvalue weighted by Gasteiger charge is 2.23. The molecule has 0 radical (unpaired) electrons. The fraction of sp³-hybridized carbons (Fsp3) is 0.200. The Morgan fingerprint density at radius 1 is 1.14 bits per heavy atom. The maximum atomic E-state index is 13.7. The van der Waals surface area contributed by atoms with Crippen molar-refractivity contribution >= 4 is 34.7 Å². The molecule has 0 spiro atoms. The number of carboxylic acids is 1. The fourth-order valence-corrected chi connectivity index (χ4v) is 4.54. The molecule has 3 aromatic heterocycles. The summed E-state index contributed by atoms with van der Waals surface area (Å²) in [5.41, 5.74) is 3.70. The molecule has 5 rings (SSSR count). The van der Waals surface area contributed by atoms with Gasteiger partial charge in [-0.25, -0.2) is 19.2 Å². The molecule has 1 aliphatic rings. The van der Waals surface area contributed by atoms with E-state index in [0.29, 0.717) is 35.8 Å². The van der Waals surface area contributed by atoms with Gasteiger partial charge in [-0.3, -0.25) is 9.20 Å². The molecule has 0 bridgehead atoms. The van der Waals surface area contributed by atoms with Crippen molar-refractivity contribution in [2.24, 2.45) is 0 Å². The highest BCUT2D eigenvalue weighted by atomic mass is 35.5. The molecular weight excluding hydrogens is 473 g/mol. The van der Waals surface area contributed by atoms with Gasteiger partial charge in [0.15, 0.2) is 5.69 Å². The minimum Gasteiger partial charge on any atom is -0.476 e. The van der Waals surface area contributed by atoms with E-state index >= 15 is 0 Å². The summed E-state index contributed by atoms with van der Waals surface area (Å²) in [6, 6.07) is 10.7. The minimum absolute atomic E-state index is 0.0750. The SMILES string of the molecule is Cc1cc([C@@H](C)Nc2ccc(Cl)nc2C(=O)O)c2nc(N3Cc4ccc(F)cc4C3)cc(=O)n2c1. The van der Waals surface area contributed by atoms with Crippen molar-refractivity contribution in [3.05, 3.63) is 97.9 Å². The quantitative estimate of drug-likeness (QED) is 0.392. The van der Waals surface area contributed by atoms with Gasteiger partial charge in [-0.15, -0.1) is 0 Å². The number of fused-ring (bicyclic) bond motifs is 2. The van der Waals surface area contributed by atoms with Crippen LogP contribution in [0.1, 0.15) is 45.7 Å². The second-order valence-electron chi connectivity index (χ2n) is 8.59. The van der Waals surface area contributed by atoms with E-state index < -0.39 is 12.0 Å². The monoisotopic (exact) mass is 493 g/mol. The van der Waals surface area contributed by atoms with Crippen LogP contribution >= 0.6 is 11.6 Å². The number of nitrogens with zero attached hydrogens (tertiary/aromatic N) is 4. The van der Waals surface area contributed by atoms with Gasteiger partial charge in [-0.05, 0) is 60.9 Å². The number of nitrogens with one attached hydrogen (secondary N) is 1. The van der Waals surface area contributed by atoms with Gasteiger partial charge in [-0.2, -0.15) is 0 Å². The van der Waals surface area contributed by atoms with E-state index in [1.807, 2.05) is 24.8 Å². The third kappa shape index (κ3) is 4.30. The Bertz CT molecular complexity index is 1550. The Morgan fingerprint density at radius 3 is 2.69 bits per heavy atom. The number of rotatable bonds is 5. The molecule has 1 atom stereocenters. The standard InChI is InChI=1S/C25H21ClFN5O3/c1-13-7-18(14(2)28-19-5-6-20(26)29-23(19)25(34)35)24-30-21(9-22(33)32(24)10-13)31-11-15-3-4-17(27)8-16(15)12-31/h3-10,14,28H,11-12H2,1-2H3,(H,34,35)/t14-/m1/s1. The number of hydrogen-bond acceptors (Lipinski definition) is 6. The van der Waals surface area contributed by atoms with Crippen molar-refractivity contribution in [1.29, 1.82) is 0 Å². The van der Waals surface area contributed by atoms with Crippen LogP contribution in [0.4, 0.5) is 15.9 Å². The van der Waals surface area contributed by atoms with Crippen molar-refractivity contribution in [3.8, 4) is 0 Å². The molecule has 1 aromatic carbocycles. The molecule has 1 aliphatic heterocycles. The molecule has 8 nitrogen and oxygen atoms in total. The third-order valence-corrected chi connectivity index (χ3v) is 6.24. The number of aromatic carboxylic acids is 1. The molecule has 178 valence electrons. The Labute approximate surface area is 204 Å². The lowest BCUT2D eigenvalue weighted by molar-refractivity contribution is 0.0691. The minimum atomic E-state index is -1.21. The predicted molar refractivity (Wildman–Crippen MR) is 131 cm³/mol. The van der Waals surface area contributed by atoms with Crippen LogP contribution in [-0.2, 0) is 13.1 Å². The summed E-state index contributed by atoms with van der Waals surface area (Å²) in [5, 5.41) is 12.8. The number of carboxylic acid groups (broad SMARTS) is 1. The van der Waals surface area contributed by atoms with Crippen LogP contribution in [-0.4, -0.2) is 25.4 Å². The molecule has 0 fully saturated rings. The first-order valence-corrected chi connectivity index (χ1v) is 11.3. The molecule has 0 saturated heterocycles. The number of anilines is 2. The number of hydrogen-bond donors (Lipinski definition) is 2. The Hall–Kier alpha value is -3.98. The van der Waals surface area contributed by atoms with Gasteiger partial charge >= 0.3 is 5.97 Å². The van der Waals surface area contributed by atoms with Crippen molar-refractivity contribution in [2.45, 2.75) is 33.0 Å². The van der Waals surface area contributed by atoms with E-state index in [1.54, 1.807) is 18.3 Å². The second-order valence-corrected chi connectivity index (χ2v) is 8.98. The van der Waals surface area contributed by atoms with Crippen molar-refractivity contribution in [3.63, 3.8) is 0 Å². The van der Waals surface area contributed by atoms with Gasteiger partial charge < -0.3 is 15.3 Å². The summed E-state index contributed by atoms with van der Waals surface area (Å²) in [6.45, 7) is 4.69. The first kappa shape index (κ1) is 22.8. The summed E-state index contributed by atoms with van der Waals surface area (Å²) >= 11 is 5.88. The van der Waals surface area contributed by atoms with Gasteiger partial charge in [0, 0.05) is 30.9 Å². The number of benzene rings is 1. The summed E-state index contributed by atoms with van der Waals surface area (Å²) in [4.78, 5) is 35.4. The third-order valence-electron chi connectivity index (χ3n) is 6.03. The molecule has 0 aliphatic carbocycles. The first-order chi connectivity index (χ1) is 16.7. The molecule has 0 saturated carbocycles. The number of halogens is 2. The van der Waals surface area contributed by atoms with Crippen molar-refractivity contribution in [2.75, 3.05) is 10.2 Å². The number of carbonyl (C=O) groups is 1. The van der Waals surface area contributed by atoms with Gasteiger partial charge in [0.1, 0.15) is 22.4 Å². The smallest absolute Gasteiger partial charge is 0.356 e. The normalized spacial score (nSPS) is 13.7. The lowest BCUT2D eigenvalue weighted by atomic mass is 10.1. The maximum absolute atomic E-state index is 13.7. The number of aromatic nitrogens is 3. The van der Waals surface area contributed by atoms with Crippen LogP contribution < -0.4 is 15.8 Å². The van der Waals surface area contributed by atoms with Crippen LogP contribution in [0.2, 0.25) is 5.15 Å². The van der Waals surface area contributed by atoms with E-state index in [-0.39, 0.29) is 22.2 Å². The lowest BCUT2D eigenvalue weighted by Gasteiger charge is -2.21. The van der Waals surface area contributed by atoms with Crippen LogP contribution in [0.3, 0.4) is 0 Å². The Morgan fingerprint density at radius 2 is 1.91 bits per heavy atom. The van der Waals surface area contributed by atoms with Crippen LogP contribution in [0, 0.1) is 12.7 Å². The summed E-state index contributed by atoms with van der Waals surface area (Å²) < 4.78 is 15.2. The zero-order valence-corrected chi connectivity index (χ0v) is 19.7. The highest BCUT2D eigenvalue weighted by molar-refractivity contribution is 6.29. The zero-order chi connectivity index (χ0) is 24.9. The maximum Gasteiger partial charge on any atom is 0.356 e.